The van der Waals surface area contributed by atoms with Gasteiger partial charge in [-0.05, 0) is 25.2 Å². The zero-order chi connectivity index (χ0) is 11.3. The number of likely N-dealkylation sites (tertiary alicyclic amines) is 1. The maximum Gasteiger partial charge on any atom is 0.170 e. The standard InChI is InChI=1S/C12H12BrNO2/c1-14-6-12(7-14)5-10(15)9-4-8(13)2-3-11(9)16-12/h2-4H,5-7H2,1H3. The molecule has 1 fully saturated rings. The summed E-state index contributed by atoms with van der Waals surface area (Å²) in [4.78, 5) is 14.2. The molecule has 0 atom stereocenters. The first-order valence-corrected chi connectivity index (χ1v) is 6.08. The minimum atomic E-state index is -0.257. The summed E-state index contributed by atoms with van der Waals surface area (Å²) in [7, 11) is 2.04. The molecular formula is C12H12BrNO2. The molecule has 0 N–H and O–H groups in total. The Hall–Kier alpha value is -0.870. The highest BCUT2D eigenvalue weighted by Gasteiger charge is 2.48. The highest BCUT2D eigenvalue weighted by molar-refractivity contribution is 9.10. The first kappa shape index (κ1) is 10.3. The molecule has 0 bridgehead atoms. The number of ketones is 1. The summed E-state index contributed by atoms with van der Waals surface area (Å²) in [5.41, 5.74) is 0.446. The first-order chi connectivity index (χ1) is 7.58. The van der Waals surface area contributed by atoms with E-state index in [-0.39, 0.29) is 11.4 Å². The Morgan fingerprint density at radius 3 is 2.88 bits per heavy atom. The molecule has 0 amide bonds. The summed E-state index contributed by atoms with van der Waals surface area (Å²) in [6.45, 7) is 1.68. The number of carbonyl (C=O) groups is 1. The Kier molecular flexibility index (Phi) is 2.13. The van der Waals surface area contributed by atoms with Crippen LogP contribution in [0.5, 0.6) is 5.75 Å². The number of rotatable bonds is 0. The maximum absolute atomic E-state index is 12.0. The Labute approximate surface area is 103 Å². The molecule has 16 heavy (non-hydrogen) atoms. The topological polar surface area (TPSA) is 29.5 Å². The smallest absolute Gasteiger partial charge is 0.170 e. The lowest BCUT2D eigenvalue weighted by Gasteiger charge is -2.49. The van der Waals surface area contributed by atoms with Crippen LogP contribution in [0.1, 0.15) is 16.8 Å². The van der Waals surface area contributed by atoms with Crippen LogP contribution in [0, 0.1) is 0 Å². The van der Waals surface area contributed by atoms with Gasteiger partial charge >= 0.3 is 0 Å². The van der Waals surface area contributed by atoms with E-state index in [4.69, 9.17) is 4.74 Å². The van der Waals surface area contributed by atoms with E-state index in [1.807, 2.05) is 25.2 Å². The zero-order valence-electron chi connectivity index (χ0n) is 9.00. The Morgan fingerprint density at radius 1 is 1.44 bits per heavy atom. The molecule has 1 saturated heterocycles. The molecule has 84 valence electrons. The highest BCUT2D eigenvalue weighted by Crippen LogP contribution is 2.38. The van der Waals surface area contributed by atoms with Crippen molar-refractivity contribution in [3.63, 3.8) is 0 Å². The fourth-order valence-corrected chi connectivity index (χ4v) is 2.94. The predicted molar refractivity (Wildman–Crippen MR) is 63.9 cm³/mol. The van der Waals surface area contributed by atoms with Gasteiger partial charge in [0.2, 0.25) is 0 Å². The molecule has 0 aliphatic carbocycles. The largest absolute Gasteiger partial charge is 0.483 e. The predicted octanol–water partition coefficient (Wildman–Crippen LogP) is 2.10. The summed E-state index contributed by atoms with van der Waals surface area (Å²) in [6, 6.07) is 5.62. The van der Waals surface area contributed by atoms with Crippen LogP contribution in [0.2, 0.25) is 0 Å². The van der Waals surface area contributed by atoms with Gasteiger partial charge in [-0.3, -0.25) is 9.69 Å². The molecule has 0 aromatic heterocycles. The molecule has 2 aliphatic rings. The molecule has 0 saturated carbocycles. The number of fused-ring (bicyclic) bond motifs is 1. The van der Waals surface area contributed by atoms with E-state index in [1.165, 1.54) is 0 Å². The second kappa shape index (κ2) is 3.31. The molecule has 4 heteroatoms. The van der Waals surface area contributed by atoms with Gasteiger partial charge in [-0.15, -0.1) is 0 Å². The van der Waals surface area contributed by atoms with Crippen molar-refractivity contribution in [1.29, 1.82) is 0 Å². The van der Waals surface area contributed by atoms with Crippen LogP contribution >= 0.6 is 15.9 Å². The van der Waals surface area contributed by atoms with Crippen LogP contribution in [0.25, 0.3) is 0 Å². The second-order valence-electron chi connectivity index (χ2n) is 4.70. The van der Waals surface area contributed by atoms with Gasteiger partial charge in [-0.1, -0.05) is 15.9 Å². The molecule has 2 heterocycles. The number of halogens is 1. The Morgan fingerprint density at radius 2 is 2.19 bits per heavy atom. The zero-order valence-corrected chi connectivity index (χ0v) is 10.6. The number of likely N-dealkylation sites (N-methyl/N-ethyl adjacent to an activating group) is 1. The van der Waals surface area contributed by atoms with Gasteiger partial charge in [-0.25, -0.2) is 0 Å². The van der Waals surface area contributed by atoms with Gasteiger partial charge < -0.3 is 4.74 Å². The van der Waals surface area contributed by atoms with Crippen molar-refractivity contribution in [2.75, 3.05) is 20.1 Å². The summed E-state index contributed by atoms with van der Waals surface area (Å²) in [6.07, 6.45) is 0.501. The number of benzene rings is 1. The normalized spacial score (nSPS) is 22.5. The van der Waals surface area contributed by atoms with Crippen LogP contribution in [0.3, 0.4) is 0 Å². The van der Waals surface area contributed by atoms with Crippen molar-refractivity contribution in [3.8, 4) is 5.75 Å². The lowest BCUT2D eigenvalue weighted by atomic mass is 9.84. The molecule has 0 unspecified atom stereocenters. The second-order valence-corrected chi connectivity index (χ2v) is 5.61. The molecule has 1 aromatic rings. The van der Waals surface area contributed by atoms with Gasteiger partial charge in [0.05, 0.1) is 12.0 Å². The van der Waals surface area contributed by atoms with Gasteiger partial charge in [0.1, 0.15) is 11.4 Å². The Bertz CT molecular complexity index is 466. The van der Waals surface area contributed by atoms with E-state index in [9.17, 15) is 4.79 Å². The third-order valence-electron chi connectivity index (χ3n) is 3.17. The summed E-state index contributed by atoms with van der Waals surface area (Å²) < 4.78 is 6.89. The average Bonchev–Trinajstić information content (AvgIpc) is 2.17. The van der Waals surface area contributed by atoms with Crippen molar-refractivity contribution in [2.45, 2.75) is 12.0 Å². The van der Waals surface area contributed by atoms with Gasteiger partial charge in [0.15, 0.2) is 5.78 Å². The van der Waals surface area contributed by atoms with Crippen molar-refractivity contribution in [3.05, 3.63) is 28.2 Å². The highest BCUT2D eigenvalue weighted by atomic mass is 79.9. The summed E-state index contributed by atoms with van der Waals surface area (Å²) in [5.74, 6) is 0.920. The summed E-state index contributed by atoms with van der Waals surface area (Å²) in [5, 5.41) is 0. The third kappa shape index (κ3) is 1.48. The van der Waals surface area contributed by atoms with E-state index in [2.05, 4.69) is 20.8 Å². The molecule has 2 aliphatic heterocycles. The van der Waals surface area contributed by atoms with E-state index in [0.29, 0.717) is 12.0 Å². The number of nitrogens with zero attached hydrogens (tertiary/aromatic N) is 1. The number of hydrogen-bond acceptors (Lipinski definition) is 3. The van der Waals surface area contributed by atoms with Crippen molar-refractivity contribution < 1.29 is 9.53 Å². The van der Waals surface area contributed by atoms with E-state index in [0.717, 1.165) is 23.3 Å². The number of Topliss-reactive ketones (excluding diaryl/α,β-unsaturated/α-hetero) is 1. The first-order valence-electron chi connectivity index (χ1n) is 5.28. The van der Waals surface area contributed by atoms with Crippen LogP contribution in [0.15, 0.2) is 22.7 Å². The number of ether oxygens (including phenoxy) is 1. The van der Waals surface area contributed by atoms with Crippen LogP contribution in [-0.4, -0.2) is 36.4 Å². The molecule has 1 aromatic carbocycles. The van der Waals surface area contributed by atoms with Gasteiger partial charge in [-0.2, -0.15) is 0 Å². The molecular weight excluding hydrogens is 270 g/mol. The monoisotopic (exact) mass is 281 g/mol. The minimum Gasteiger partial charge on any atom is -0.483 e. The van der Waals surface area contributed by atoms with Crippen LogP contribution in [-0.2, 0) is 0 Å². The van der Waals surface area contributed by atoms with Gasteiger partial charge in [0, 0.05) is 17.6 Å². The van der Waals surface area contributed by atoms with E-state index >= 15 is 0 Å². The number of carbonyl (C=O) groups excluding carboxylic acids is 1. The fourth-order valence-electron chi connectivity index (χ4n) is 2.58. The van der Waals surface area contributed by atoms with Crippen LogP contribution in [0.4, 0.5) is 0 Å². The SMILES string of the molecule is CN1CC2(CC(=O)c3cc(Br)ccc3O2)C1. The fraction of sp³-hybridized carbons (Fsp3) is 0.417. The molecule has 3 rings (SSSR count). The quantitative estimate of drug-likeness (QED) is 0.730. The van der Waals surface area contributed by atoms with Crippen molar-refractivity contribution in [1.82, 2.24) is 4.90 Å². The molecule has 1 spiro atoms. The van der Waals surface area contributed by atoms with Gasteiger partial charge in [0.25, 0.3) is 0 Å². The average molecular weight is 282 g/mol. The van der Waals surface area contributed by atoms with E-state index in [1.54, 1.807) is 0 Å². The molecule has 3 nitrogen and oxygen atoms in total. The van der Waals surface area contributed by atoms with E-state index < -0.39 is 0 Å². The van der Waals surface area contributed by atoms with Crippen molar-refractivity contribution >= 4 is 21.7 Å². The Balaban J connectivity index is 1.98. The lowest BCUT2D eigenvalue weighted by molar-refractivity contribution is -0.0689. The van der Waals surface area contributed by atoms with Crippen LogP contribution < -0.4 is 4.74 Å². The maximum atomic E-state index is 12.0. The minimum absolute atomic E-state index is 0.190. The third-order valence-corrected chi connectivity index (χ3v) is 3.66. The van der Waals surface area contributed by atoms with Crippen molar-refractivity contribution in [2.24, 2.45) is 0 Å². The molecule has 0 radical (unpaired) electrons. The lowest BCUT2D eigenvalue weighted by Crippen LogP contribution is -2.65. The number of hydrogen-bond donors (Lipinski definition) is 0. The summed E-state index contributed by atoms with van der Waals surface area (Å²) >= 11 is 3.37.